The zero-order chi connectivity index (χ0) is 39.6. The Labute approximate surface area is 345 Å². The van der Waals surface area contributed by atoms with Crippen LogP contribution in [0.25, 0.3) is 0 Å². The van der Waals surface area contributed by atoms with Crippen LogP contribution in [0.1, 0.15) is 0 Å². The average molecular weight is 1020 g/mol. The number of aromatic nitrogens is 3. The van der Waals surface area contributed by atoms with Crippen molar-refractivity contribution in [3.63, 3.8) is 0 Å². The molecule has 0 atom stereocenters. The summed E-state index contributed by atoms with van der Waals surface area (Å²) in [5.41, 5.74) is 15.4. The first-order valence-electron chi connectivity index (χ1n) is 8.78. The quantitative estimate of drug-likeness (QED) is 0.129. The van der Waals surface area contributed by atoms with Gasteiger partial charge in [0, 0.05) is 0 Å². The molecule has 53 heavy (non-hydrogen) atoms. The van der Waals surface area contributed by atoms with Crippen molar-refractivity contribution in [3.8, 4) is 0 Å². The molecule has 50 heteroatoms. The number of nitrogens with zero attached hydrogens (tertiary/aromatic N) is 3. The maximum Gasteiger partial charge on any atom is 3.00 e. The molecule has 1 aromatic heterocycles. The molecule has 36 nitrogen and oxygen atoms in total. The van der Waals surface area contributed by atoms with Crippen molar-refractivity contribution in [1.29, 1.82) is 0 Å². The summed E-state index contributed by atoms with van der Waals surface area (Å²) in [6.07, 6.45) is 0. The minimum absolute atomic E-state index is 0. The van der Waals surface area contributed by atoms with E-state index in [2.05, 4.69) is 40.8 Å². The predicted octanol–water partition coefficient (Wildman–Crippen LogP) is -14.8. The maximum absolute atomic E-state index is 10.1. The molecule has 6 N–H and O–H groups in total. The van der Waals surface area contributed by atoms with Crippen LogP contribution in [0.2, 0.25) is 0 Å². The average Bonchev–Trinajstić information content (AvgIpc) is 2.54. The van der Waals surface area contributed by atoms with Gasteiger partial charge in [-0.1, -0.05) is 0 Å². The largest absolute Gasteiger partial charge is 3.00 e. The van der Waals surface area contributed by atoms with Gasteiger partial charge in [-0.2, -0.15) is 15.0 Å². The molecular weight excluding hydrogens is 1010 g/mol. The van der Waals surface area contributed by atoms with Crippen molar-refractivity contribution in [2.45, 2.75) is 0 Å². The molecule has 0 fully saturated rings. The van der Waals surface area contributed by atoms with E-state index < -0.39 is 70.4 Å². The van der Waals surface area contributed by atoms with Crippen molar-refractivity contribution >= 4 is 175 Å². The number of rotatable bonds is 12. The molecular formula is C3H6Al5N6O30P9. The summed E-state index contributed by atoms with van der Waals surface area (Å²) in [6.45, 7) is 0. The Morgan fingerprint density at radius 3 is 0.472 bits per heavy atom. The van der Waals surface area contributed by atoms with E-state index in [1.54, 1.807) is 0 Å². The van der Waals surface area contributed by atoms with Crippen LogP contribution in [0.3, 0.4) is 0 Å². The minimum Gasteiger partial charge on any atom is -0.790 e. The van der Waals surface area contributed by atoms with Crippen molar-refractivity contribution in [1.82, 2.24) is 15.0 Å². The maximum atomic E-state index is 10.1. The van der Waals surface area contributed by atoms with E-state index in [9.17, 15) is 114 Å². The van der Waals surface area contributed by atoms with E-state index in [0.29, 0.717) is 0 Å². The second-order valence-corrected chi connectivity index (χ2v) is 17.9. The van der Waals surface area contributed by atoms with E-state index in [-0.39, 0.29) is 105 Å². The summed E-state index contributed by atoms with van der Waals surface area (Å²) in [7, 11) is -53.7. The number of nitrogen functional groups attached to an aromatic ring is 3. The van der Waals surface area contributed by atoms with Crippen LogP contribution < -0.4 is 90.6 Å². The fourth-order valence-electron chi connectivity index (χ4n) is 1.21. The van der Waals surface area contributed by atoms with E-state index >= 15 is 0 Å². The van der Waals surface area contributed by atoms with E-state index in [4.69, 9.17) is 17.2 Å². The Bertz CT molecular complexity index is 1370. The number of hydrogen-bond donors (Lipinski definition) is 3. The molecule has 288 valence electrons. The summed E-state index contributed by atoms with van der Waals surface area (Å²) >= 11 is 0. The Hall–Kier alpha value is 2.30. The molecule has 0 aromatic carbocycles. The smallest absolute Gasteiger partial charge is 0.790 e. The number of nitrogens with two attached hydrogens (primary N) is 3. The number of hydrogen-bond acceptors (Lipinski definition) is 36. The molecule has 0 bridgehead atoms. The fourth-order valence-corrected chi connectivity index (χ4v) is 8.25. The molecule has 0 amide bonds. The molecule has 0 aliphatic rings. The van der Waals surface area contributed by atoms with Gasteiger partial charge in [-0.25, -0.2) is 0 Å². The molecule has 1 rings (SSSR count). The molecule has 0 aliphatic carbocycles. The van der Waals surface area contributed by atoms with Gasteiger partial charge in [-0.15, -0.1) is 0 Å². The van der Waals surface area contributed by atoms with Gasteiger partial charge in [-0.05, 0) is 0 Å². The summed E-state index contributed by atoms with van der Waals surface area (Å²) in [5, 5.41) is 0. The van der Waals surface area contributed by atoms with Gasteiger partial charge < -0.3 is 118 Å². The van der Waals surface area contributed by atoms with Crippen LogP contribution in [0.5, 0.6) is 0 Å². The Morgan fingerprint density at radius 1 is 0.302 bits per heavy atom. The standard InChI is InChI=1S/C3H6N6.5Al.3H5O10P3/c4-1-7-2(5)9-3(6)8-1;;;;;;3*1-11(2,3)9-13(7,8)10-12(4,5)6/h(H6,4,5,6,7,8,9);;;;;;3*(H,7,8)(H2,1,2,3)(H2,4,5,6)/q;5*+3;;;/p-15. The summed E-state index contributed by atoms with van der Waals surface area (Å²) in [4.78, 5) is 156. The van der Waals surface area contributed by atoms with Gasteiger partial charge in [-0.3, -0.25) is 39.6 Å². The van der Waals surface area contributed by atoms with E-state index in [1.807, 2.05) is 0 Å². The van der Waals surface area contributed by atoms with Crippen molar-refractivity contribution < 1.29 is 140 Å². The summed E-state index contributed by atoms with van der Waals surface area (Å²) < 4.78 is 104. The molecule has 0 spiro atoms. The van der Waals surface area contributed by atoms with Crippen LogP contribution in [-0.2, 0) is 66.9 Å². The van der Waals surface area contributed by atoms with E-state index in [1.165, 1.54) is 0 Å². The van der Waals surface area contributed by atoms with Crippen molar-refractivity contribution in [2.75, 3.05) is 17.2 Å². The molecule has 0 unspecified atom stereocenters. The first kappa shape index (κ1) is 72.9. The third-order valence-corrected chi connectivity index (χ3v) is 11.5. The van der Waals surface area contributed by atoms with Crippen molar-refractivity contribution in [2.24, 2.45) is 0 Å². The molecule has 0 aliphatic heterocycles. The summed E-state index contributed by atoms with van der Waals surface area (Å²) in [6, 6.07) is 0. The van der Waals surface area contributed by atoms with Crippen LogP contribution in [0, 0.1) is 0 Å². The first-order valence-corrected chi connectivity index (χ1v) is 21.9. The molecule has 1 heterocycles. The zero-order valence-corrected chi connectivity index (χ0v) is 37.6. The monoisotopic (exact) mass is 1020 g/mol. The van der Waals surface area contributed by atoms with Gasteiger partial charge in [0.05, 0.1) is 46.9 Å². The van der Waals surface area contributed by atoms with Crippen LogP contribution >= 0.6 is 70.4 Å². The molecule has 1 aromatic rings. The minimum atomic E-state index is -5.97. The van der Waals surface area contributed by atoms with Crippen LogP contribution in [0.4, 0.5) is 17.8 Å². The number of phosphoric acid groups is 9. The molecule has 0 radical (unpaired) electrons. The van der Waals surface area contributed by atoms with Gasteiger partial charge in [0.15, 0.2) is 0 Å². The normalized spacial score (nSPS) is 12.3. The summed E-state index contributed by atoms with van der Waals surface area (Å²) in [5.74, 6) is 0.125. The molecule has 0 saturated heterocycles. The van der Waals surface area contributed by atoms with Gasteiger partial charge in [0.2, 0.25) is 17.8 Å². The predicted molar refractivity (Wildman–Crippen MR) is 137 cm³/mol. The van der Waals surface area contributed by atoms with E-state index in [0.717, 1.165) is 0 Å². The second kappa shape index (κ2) is 27.9. The topological polar surface area (TPSA) is 672 Å². The zero-order valence-electron chi connectivity index (χ0n) is 23.7. The second-order valence-electron chi connectivity index (χ2n) is 5.92. The first-order chi connectivity index (χ1) is 20.4. The number of anilines is 3. The Balaban J connectivity index is -0.0000000828. The SMILES string of the molecule is Nc1nc(N)nc(N)n1.O=P([O-])([O-])OP(=O)([O-])OP(=O)([O-])[O-].O=P([O-])([O-])OP(=O)([O-])OP(=O)([O-])[O-].O=P([O-])([O-])OP(=O)([O-])OP(=O)([O-])[O-].[Al+3].[Al+3].[Al+3].[Al+3].[Al+3]. The third kappa shape index (κ3) is 58.7. The van der Waals surface area contributed by atoms with Gasteiger partial charge in [0.1, 0.15) is 0 Å². The van der Waals surface area contributed by atoms with Crippen LogP contribution in [0.15, 0.2) is 0 Å². The van der Waals surface area contributed by atoms with Crippen LogP contribution in [-0.4, -0.2) is 102 Å². The van der Waals surface area contributed by atoms with Gasteiger partial charge in [0.25, 0.3) is 23.5 Å². The Morgan fingerprint density at radius 2 is 0.396 bits per heavy atom. The third-order valence-electron chi connectivity index (χ3n) is 1.89. The van der Waals surface area contributed by atoms with Gasteiger partial charge >= 0.3 is 86.8 Å². The fraction of sp³-hybridized carbons (Fsp3) is 0. The Kier molecular flexibility index (Phi) is 38.4. The molecule has 0 saturated carbocycles. The van der Waals surface area contributed by atoms with Crippen molar-refractivity contribution in [3.05, 3.63) is 0 Å².